The second-order valence-electron chi connectivity index (χ2n) is 5.29. The number of hydrogen-bond acceptors (Lipinski definition) is 2. The zero-order chi connectivity index (χ0) is 15.5. The van der Waals surface area contributed by atoms with Crippen LogP contribution in [0.5, 0.6) is 0 Å². The molecule has 0 bridgehead atoms. The van der Waals surface area contributed by atoms with Gasteiger partial charge in [-0.15, -0.1) is 0 Å². The highest BCUT2D eigenvalue weighted by atomic mass is 14.7. The van der Waals surface area contributed by atoms with Gasteiger partial charge in [-0.05, 0) is 24.3 Å². The van der Waals surface area contributed by atoms with Gasteiger partial charge in [0.25, 0.3) is 0 Å². The van der Waals surface area contributed by atoms with Crippen LogP contribution in [0.2, 0.25) is 0 Å². The van der Waals surface area contributed by atoms with E-state index < -0.39 is 0 Å². The van der Waals surface area contributed by atoms with E-state index in [0.717, 1.165) is 11.0 Å². The number of benzene rings is 2. The summed E-state index contributed by atoms with van der Waals surface area (Å²) in [5.41, 5.74) is 3.33. The molecule has 0 unspecified atom stereocenters. The van der Waals surface area contributed by atoms with E-state index in [2.05, 4.69) is 45.3 Å². The first-order valence-corrected chi connectivity index (χ1v) is 7.52. The van der Waals surface area contributed by atoms with E-state index in [1.165, 1.54) is 21.7 Å². The van der Waals surface area contributed by atoms with Gasteiger partial charge in [0, 0.05) is 34.1 Å². The van der Waals surface area contributed by atoms with E-state index in [1.54, 1.807) is 0 Å². The van der Waals surface area contributed by atoms with E-state index >= 15 is 0 Å². The Morgan fingerprint density at radius 1 is 0.652 bits per heavy atom. The molecule has 0 fully saturated rings. The highest BCUT2D eigenvalue weighted by Crippen LogP contribution is 2.23. The molecule has 2 aromatic carbocycles. The van der Waals surface area contributed by atoms with E-state index in [1.807, 2.05) is 55.0 Å². The molecule has 0 saturated heterocycles. The number of hydrogen-bond donors (Lipinski definition) is 1. The van der Waals surface area contributed by atoms with Gasteiger partial charge in [0.2, 0.25) is 0 Å². The molecule has 0 radical (unpaired) electrons. The lowest BCUT2D eigenvalue weighted by atomic mass is 10.2. The fourth-order valence-corrected chi connectivity index (χ4v) is 2.72. The molecule has 23 heavy (non-hydrogen) atoms. The number of pyridine rings is 2. The van der Waals surface area contributed by atoms with Gasteiger partial charge < -0.3 is 4.98 Å². The molecule has 5 aromatic rings. The van der Waals surface area contributed by atoms with Gasteiger partial charge in [-0.1, -0.05) is 42.5 Å². The fraction of sp³-hybridized carbons (Fsp3) is 0. The number of aromatic nitrogens is 3. The Morgan fingerprint density at radius 2 is 1.43 bits per heavy atom. The average molecular weight is 297 g/mol. The third kappa shape index (κ3) is 2.64. The van der Waals surface area contributed by atoms with Crippen molar-refractivity contribution in [2.75, 3.05) is 0 Å². The molecule has 0 atom stereocenters. The SMILES string of the molecule is c1ccc2c(c1)[nH]c1cnccc12.c1ccc2ncccc2c1. The summed E-state index contributed by atoms with van der Waals surface area (Å²) in [6, 6.07) is 22.4. The van der Waals surface area contributed by atoms with Crippen molar-refractivity contribution in [3.8, 4) is 0 Å². The molecule has 0 aliphatic carbocycles. The van der Waals surface area contributed by atoms with Crippen LogP contribution >= 0.6 is 0 Å². The Hall–Kier alpha value is -3.20. The number of nitrogens with one attached hydrogen (secondary N) is 1. The van der Waals surface area contributed by atoms with Crippen LogP contribution in [0.4, 0.5) is 0 Å². The third-order valence-corrected chi connectivity index (χ3v) is 3.82. The van der Waals surface area contributed by atoms with Gasteiger partial charge in [-0.3, -0.25) is 9.97 Å². The maximum Gasteiger partial charge on any atom is 0.0701 e. The van der Waals surface area contributed by atoms with Gasteiger partial charge in [0.15, 0.2) is 0 Å². The quantitative estimate of drug-likeness (QED) is 0.439. The van der Waals surface area contributed by atoms with Gasteiger partial charge in [-0.25, -0.2) is 0 Å². The summed E-state index contributed by atoms with van der Waals surface area (Å²) in [6.45, 7) is 0. The first-order valence-electron chi connectivity index (χ1n) is 7.52. The summed E-state index contributed by atoms with van der Waals surface area (Å²) in [6.07, 6.45) is 5.49. The molecule has 1 N–H and O–H groups in total. The number of nitrogens with zero attached hydrogens (tertiary/aromatic N) is 2. The van der Waals surface area contributed by atoms with Gasteiger partial charge in [0.1, 0.15) is 0 Å². The smallest absolute Gasteiger partial charge is 0.0701 e. The summed E-state index contributed by atoms with van der Waals surface area (Å²) < 4.78 is 0. The van der Waals surface area contributed by atoms with Crippen molar-refractivity contribution in [3.05, 3.63) is 85.3 Å². The summed E-state index contributed by atoms with van der Waals surface area (Å²) in [7, 11) is 0. The van der Waals surface area contributed by atoms with E-state index in [4.69, 9.17) is 0 Å². The van der Waals surface area contributed by atoms with Gasteiger partial charge >= 0.3 is 0 Å². The minimum atomic E-state index is 1.06. The molecule has 0 saturated carbocycles. The van der Waals surface area contributed by atoms with Crippen LogP contribution in [0, 0.1) is 0 Å². The number of fused-ring (bicyclic) bond motifs is 4. The van der Waals surface area contributed by atoms with Crippen LogP contribution in [0.15, 0.2) is 85.3 Å². The molecule has 0 amide bonds. The second kappa shape index (κ2) is 5.89. The van der Waals surface area contributed by atoms with Crippen molar-refractivity contribution >= 4 is 32.7 Å². The van der Waals surface area contributed by atoms with Crippen molar-refractivity contribution in [3.63, 3.8) is 0 Å². The minimum absolute atomic E-state index is 1.06. The lowest BCUT2D eigenvalue weighted by Gasteiger charge is -1.91. The van der Waals surface area contributed by atoms with Gasteiger partial charge in [0.05, 0.1) is 17.2 Å². The Bertz CT molecular complexity index is 964. The lowest BCUT2D eigenvalue weighted by Crippen LogP contribution is -1.73. The van der Waals surface area contributed by atoms with Crippen LogP contribution < -0.4 is 0 Å². The summed E-state index contributed by atoms with van der Waals surface area (Å²) in [4.78, 5) is 11.6. The fourth-order valence-electron chi connectivity index (χ4n) is 2.72. The first-order chi connectivity index (χ1) is 11.4. The normalized spacial score (nSPS) is 10.6. The average Bonchev–Trinajstić information content (AvgIpc) is 3.01. The van der Waals surface area contributed by atoms with Crippen molar-refractivity contribution in [2.45, 2.75) is 0 Å². The molecular formula is C20H15N3. The molecular weight excluding hydrogens is 282 g/mol. The number of H-pyrrole nitrogens is 1. The Kier molecular flexibility index (Phi) is 3.45. The largest absolute Gasteiger partial charge is 0.353 e. The highest BCUT2D eigenvalue weighted by Gasteiger charge is 2.00. The van der Waals surface area contributed by atoms with Crippen molar-refractivity contribution in [1.29, 1.82) is 0 Å². The predicted octanol–water partition coefficient (Wildman–Crippen LogP) is 4.95. The summed E-state index contributed by atoms with van der Waals surface area (Å²) >= 11 is 0. The van der Waals surface area contributed by atoms with Crippen molar-refractivity contribution in [1.82, 2.24) is 15.0 Å². The molecule has 3 aromatic heterocycles. The zero-order valence-corrected chi connectivity index (χ0v) is 12.5. The van der Waals surface area contributed by atoms with Crippen LogP contribution in [-0.4, -0.2) is 15.0 Å². The Morgan fingerprint density at radius 3 is 2.39 bits per heavy atom. The summed E-state index contributed by atoms with van der Waals surface area (Å²) in [5.74, 6) is 0. The standard InChI is InChI=1S/C11H8N2.C9H7N/c1-2-4-10-8(3-1)9-5-6-12-7-11(9)13-10;1-2-6-9-8(4-1)5-3-7-10-9/h1-7,13H;1-7H. The number of rotatable bonds is 0. The zero-order valence-electron chi connectivity index (χ0n) is 12.5. The maximum atomic E-state index is 4.18. The molecule has 3 heteroatoms. The molecule has 110 valence electrons. The molecule has 0 spiro atoms. The van der Waals surface area contributed by atoms with Gasteiger partial charge in [-0.2, -0.15) is 0 Å². The van der Waals surface area contributed by atoms with Crippen molar-refractivity contribution in [2.24, 2.45) is 0 Å². The monoisotopic (exact) mass is 297 g/mol. The lowest BCUT2D eigenvalue weighted by molar-refractivity contribution is 1.35. The van der Waals surface area contributed by atoms with Crippen LogP contribution in [0.1, 0.15) is 0 Å². The maximum absolute atomic E-state index is 4.18. The third-order valence-electron chi connectivity index (χ3n) is 3.82. The summed E-state index contributed by atoms with van der Waals surface area (Å²) in [5, 5.41) is 3.70. The minimum Gasteiger partial charge on any atom is -0.353 e. The van der Waals surface area contributed by atoms with E-state index in [-0.39, 0.29) is 0 Å². The van der Waals surface area contributed by atoms with Crippen LogP contribution in [0.3, 0.4) is 0 Å². The van der Waals surface area contributed by atoms with Crippen LogP contribution in [0.25, 0.3) is 32.7 Å². The van der Waals surface area contributed by atoms with Crippen molar-refractivity contribution < 1.29 is 0 Å². The van der Waals surface area contributed by atoms with E-state index in [0.29, 0.717) is 0 Å². The molecule has 0 aliphatic heterocycles. The molecule has 5 rings (SSSR count). The topological polar surface area (TPSA) is 41.6 Å². The second-order valence-corrected chi connectivity index (χ2v) is 5.29. The molecule has 0 aliphatic rings. The first kappa shape index (κ1) is 13.5. The van der Waals surface area contributed by atoms with E-state index in [9.17, 15) is 0 Å². The number of para-hydroxylation sites is 2. The molecule has 3 heterocycles. The Labute approximate surface area is 133 Å². The highest BCUT2D eigenvalue weighted by molar-refractivity contribution is 6.06. The predicted molar refractivity (Wildman–Crippen MR) is 95.3 cm³/mol. The Balaban J connectivity index is 0.000000122. The molecule has 3 nitrogen and oxygen atoms in total. The van der Waals surface area contributed by atoms with Crippen LogP contribution in [-0.2, 0) is 0 Å². The number of aromatic amines is 1.